The molecule has 0 amide bonds. The summed E-state index contributed by atoms with van der Waals surface area (Å²) in [5.41, 5.74) is 1.81. The lowest BCUT2D eigenvalue weighted by atomic mass is 10.0. The SMILES string of the molecule is CCC(=O)Oc1c(OC)c(OC)c(OCCCCCCc2ccccc2F)c2cc(N(CC)CC)ccc12. The summed E-state index contributed by atoms with van der Waals surface area (Å²) >= 11 is 0. The molecule has 38 heavy (non-hydrogen) atoms. The average molecular weight is 526 g/mol. The van der Waals surface area contributed by atoms with Crippen LogP contribution >= 0.6 is 0 Å². The van der Waals surface area contributed by atoms with Crippen LogP contribution < -0.4 is 23.8 Å². The normalized spacial score (nSPS) is 10.9. The number of esters is 1. The Morgan fingerprint density at radius 3 is 2.16 bits per heavy atom. The maximum Gasteiger partial charge on any atom is 0.311 e. The van der Waals surface area contributed by atoms with Crippen LogP contribution in [0, 0.1) is 5.82 Å². The first kappa shape index (κ1) is 29.1. The Balaban J connectivity index is 1.84. The zero-order valence-corrected chi connectivity index (χ0v) is 23.3. The van der Waals surface area contributed by atoms with Gasteiger partial charge in [0.2, 0.25) is 11.5 Å². The van der Waals surface area contributed by atoms with E-state index in [9.17, 15) is 9.18 Å². The minimum atomic E-state index is -0.358. The zero-order chi connectivity index (χ0) is 27.5. The van der Waals surface area contributed by atoms with Crippen molar-refractivity contribution in [3.8, 4) is 23.0 Å². The minimum Gasteiger partial charge on any atom is -0.490 e. The first-order valence-corrected chi connectivity index (χ1v) is 13.5. The predicted molar refractivity (Wildman–Crippen MR) is 151 cm³/mol. The molecule has 3 aromatic rings. The molecule has 0 bridgehead atoms. The van der Waals surface area contributed by atoms with Gasteiger partial charge in [-0.2, -0.15) is 0 Å². The molecule has 0 saturated carbocycles. The molecular weight excluding hydrogens is 485 g/mol. The largest absolute Gasteiger partial charge is 0.490 e. The van der Waals surface area contributed by atoms with Gasteiger partial charge in [0.05, 0.1) is 20.8 Å². The lowest BCUT2D eigenvalue weighted by Gasteiger charge is -2.24. The Hall–Kier alpha value is -3.48. The van der Waals surface area contributed by atoms with Crippen LogP contribution in [-0.4, -0.2) is 39.9 Å². The number of rotatable bonds is 15. The van der Waals surface area contributed by atoms with Gasteiger partial charge in [0.1, 0.15) is 5.82 Å². The molecular formula is C31H40FNO5. The number of ether oxygens (including phenoxy) is 4. The van der Waals surface area contributed by atoms with Gasteiger partial charge in [-0.25, -0.2) is 4.39 Å². The van der Waals surface area contributed by atoms with E-state index in [1.807, 2.05) is 24.3 Å². The highest BCUT2D eigenvalue weighted by Crippen LogP contribution is 2.52. The van der Waals surface area contributed by atoms with Crippen LogP contribution in [0.4, 0.5) is 10.1 Å². The molecule has 0 aliphatic heterocycles. The molecule has 206 valence electrons. The molecule has 0 saturated heterocycles. The summed E-state index contributed by atoms with van der Waals surface area (Å²) in [5, 5.41) is 1.52. The second kappa shape index (κ2) is 14.5. The second-order valence-electron chi connectivity index (χ2n) is 9.06. The fourth-order valence-corrected chi connectivity index (χ4v) is 4.60. The lowest BCUT2D eigenvalue weighted by Crippen LogP contribution is -2.21. The fourth-order valence-electron chi connectivity index (χ4n) is 4.60. The molecule has 3 rings (SSSR count). The van der Waals surface area contributed by atoms with Crippen LogP contribution in [-0.2, 0) is 11.2 Å². The van der Waals surface area contributed by atoms with E-state index in [1.54, 1.807) is 20.1 Å². The van der Waals surface area contributed by atoms with E-state index >= 15 is 0 Å². The Bertz CT molecular complexity index is 1210. The molecule has 6 nitrogen and oxygen atoms in total. The summed E-state index contributed by atoms with van der Waals surface area (Å²) < 4.78 is 37.3. The number of carbonyl (C=O) groups is 1. The van der Waals surface area contributed by atoms with Crippen molar-refractivity contribution in [1.29, 1.82) is 0 Å². The number of halogens is 1. The third-order valence-electron chi connectivity index (χ3n) is 6.70. The highest BCUT2D eigenvalue weighted by molar-refractivity contribution is 6.01. The number of hydrogen-bond donors (Lipinski definition) is 0. The van der Waals surface area contributed by atoms with Gasteiger partial charge in [0, 0.05) is 36.0 Å². The summed E-state index contributed by atoms with van der Waals surface area (Å²) in [5.74, 6) is 1.13. The average Bonchev–Trinajstić information content (AvgIpc) is 2.94. The monoisotopic (exact) mass is 525 g/mol. The van der Waals surface area contributed by atoms with Crippen molar-refractivity contribution in [2.24, 2.45) is 0 Å². The van der Waals surface area contributed by atoms with Gasteiger partial charge in [-0.1, -0.05) is 38.0 Å². The highest BCUT2D eigenvalue weighted by Gasteiger charge is 2.26. The first-order valence-electron chi connectivity index (χ1n) is 13.5. The molecule has 0 spiro atoms. The van der Waals surface area contributed by atoms with Gasteiger partial charge >= 0.3 is 5.97 Å². The van der Waals surface area contributed by atoms with Crippen LogP contribution in [0.5, 0.6) is 23.0 Å². The maximum atomic E-state index is 13.8. The summed E-state index contributed by atoms with van der Waals surface area (Å²) in [6, 6.07) is 13.0. The molecule has 0 fully saturated rings. The number of unbranched alkanes of at least 4 members (excludes halogenated alkanes) is 3. The fraction of sp³-hybridized carbons (Fsp3) is 0.452. The third-order valence-corrected chi connectivity index (χ3v) is 6.70. The molecule has 0 atom stereocenters. The Kier molecular flexibility index (Phi) is 11.1. The van der Waals surface area contributed by atoms with E-state index in [-0.39, 0.29) is 18.2 Å². The summed E-state index contributed by atoms with van der Waals surface area (Å²) in [7, 11) is 3.08. The third kappa shape index (κ3) is 6.88. The van der Waals surface area contributed by atoms with Crippen molar-refractivity contribution in [2.45, 2.75) is 59.3 Å². The number of benzene rings is 3. The number of hydrogen-bond acceptors (Lipinski definition) is 6. The van der Waals surface area contributed by atoms with Crippen LogP contribution in [0.2, 0.25) is 0 Å². The second-order valence-corrected chi connectivity index (χ2v) is 9.06. The summed E-state index contributed by atoms with van der Waals surface area (Å²) in [4.78, 5) is 14.5. The predicted octanol–water partition coefficient (Wildman–Crippen LogP) is 7.34. The van der Waals surface area contributed by atoms with Crippen molar-refractivity contribution >= 4 is 22.4 Å². The summed E-state index contributed by atoms with van der Waals surface area (Å²) in [6.45, 7) is 8.17. The molecule has 0 aromatic heterocycles. The van der Waals surface area contributed by atoms with Gasteiger partial charge in [-0.15, -0.1) is 0 Å². The standard InChI is InChI=1S/C31H40FNO5/c1-6-27(34)38-29-24-19-18-23(33(7-2)8-3)21-25(24)28(30(35-4)31(29)36-5)37-20-14-10-9-11-15-22-16-12-13-17-26(22)32/h12-13,16-19,21H,6-11,14-15,20H2,1-5H3. The first-order chi connectivity index (χ1) is 18.5. The molecule has 0 aliphatic rings. The van der Waals surface area contributed by atoms with Crippen molar-refractivity contribution in [3.05, 3.63) is 53.8 Å². The Morgan fingerprint density at radius 1 is 0.816 bits per heavy atom. The van der Waals surface area contributed by atoms with Gasteiger partial charge < -0.3 is 23.8 Å². The molecule has 7 heteroatoms. The number of fused-ring (bicyclic) bond motifs is 1. The van der Waals surface area contributed by atoms with E-state index in [0.29, 0.717) is 29.6 Å². The van der Waals surface area contributed by atoms with Crippen LogP contribution in [0.3, 0.4) is 0 Å². The van der Waals surface area contributed by atoms with Crippen molar-refractivity contribution < 1.29 is 28.1 Å². The molecule has 3 aromatic carbocycles. The van der Waals surface area contributed by atoms with E-state index in [2.05, 4.69) is 24.8 Å². The smallest absolute Gasteiger partial charge is 0.311 e. The van der Waals surface area contributed by atoms with E-state index in [4.69, 9.17) is 18.9 Å². The number of methoxy groups -OCH3 is 2. The van der Waals surface area contributed by atoms with Crippen molar-refractivity contribution in [1.82, 2.24) is 0 Å². The van der Waals surface area contributed by atoms with Gasteiger partial charge in [-0.05, 0) is 62.9 Å². The van der Waals surface area contributed by atoms with E-state index < -0.39 is 0 Å². The van der Waals surface area contributed by atoms with Crippen LogP contribution in [0.1, 0.15) is 58.4 Å². The van der Waals surface area contributed by atoms with Crippen LogP contribution in [0.15, 0.2) is 42.5 Å². The highest BCUT2D eigenvalue weighted by atomic mass is 19.1. The Labute approximate surface area is 225 Å². The number of nitrogens with zero attached hydrogens (tertiary/aromatic N) is 1. The molecule has 0 N–H and O–H groups in total. The zero-order valence-electron chi connectivity index (χ0n) is 23.3. The minimum absolute atomic E-state index is 0.138. The molecule has 0 aliphatic carbocycles. The van der Waals surface area contributed by atoms with Gasteiger partial charge in [0.15, 0.2) is 11.5 Å². The van der Waals surface area contributed by atoms with Crippen LogP contribution in [0.25, 0.3) is 10.8 Å². The van der Waals surface area contributed by atoms with Gasteiger partial charge in [0.25, 0.3) is 0 Å². The molecule has 0 heterocycles. The lowest BCUT2D eigenvalue weighted by molar-refractivity contribution is -0.134. The van der Waals surface area contributed by atoms with E-state index in [0.717, 1.165) is 67.2 Å². The quantitative estimate of drug-likeness (QED) is 0.118. The Morgan fingerprint density at radius 2 is 1.50 bits per heavy atom. The molecule has 0 unspecified atom stereocenters. The topological polar surface area (TPSA) is 57.2 Å². The number of carbonyl (C=O) groups excluding carboxylic acids is 1. The maximum absolute atomic E-state index is 13.8. The van der Waals surface area contributed by atoms with Crippen molar-refractivity contribution in [3.63, 3.8) is 0 Å². The number of anilines is 1. The molecule has 0 radical (unpaired) electrons. The van der Waals surface area contributed by atoms with E-state index in [1.165, 1.54) is 13.2 Å². The van der Waals surface area contributed by atoms with Crippen molar-refractivity contribution in [2.75, 3.05) is 38.8 Å². The number of aryl methyl sites for hydroxylation is 1. The van der Waals surface area contributed by atoms with Gasteiger partial charge in [-0.3, -0.25) is 4.79 Å². The summed E-state index contributed by atoms with van der Waals surface area (Å²) in [6.07, 6.45) is 4.67.